The molecule has 1 aromatic carbocycles. The fourth-order valence-electron chi connectivity index (χ4n) is 3.13. The van der Waals surface area contributed by atoms with Crippen molar-refractivity contribution in [3.8, 4) is 0 Å². The SMILES string of the molecule is C=C(C(C)C)C(CC)C1C=C(c2ccccc2)C=C1C. The standard InChI is InChI=1S/C20H26/c1-6-19(16(5)14(2)3)20-13-18(12-15(20)4)17-10-8-7-9-11-17/h7-14,19-20H,5-6H2,1-4H3. The van der Waals surface area contributed by atoms with Gasteiger partial charge >= 0.3 is 0 Å². The number of allylic oxidation sites excluding steroid dienone is 5. The van der Waals surface area contributed by atoms with E-state index in [2.05, 4.69) is 76.8 Å². The van der Waals surface area contributed by atoms with Crippen LogP contribution in [0.5, 0.6) is 0 Å². The van der Waals surface area contributed by atoms with E-state index in [9.17, 15) is 0 Å². The minimum absolute atomic E-state index is 0.519. The molecule has 0 spiro atoms. The first kappa shape index (κ1) is 14.8. The Bertz CT molecular complexity index is 528. The Kier molecular flexibility index (Phi) is 4.65. The maximum atomic E-state index is 4.35. The molecule has 0 aliphatic heterocycles. The maximum absolute atomic E-state index is 4.35. The average molecular weight is 266 g/mol. The molecular formula is C20H26. The van der Waals surface area contributed by atoms with Gasteiger partial charge in [0, 0.05) is 5.92 Å². The van der Waals surface area contributed by atoms with Gasteiger partial charge < -0.3 is 0 Å². The fourth-order valence-corrected chi connectivity index (χ4v) is 3.13. The molecule has 106 valence electrons. The number of benzene rings is 1. The van der Waals surface area contributed by atoms with Crippen molar-refractivity contribution in [1.82, 2.24) is 0 Å². The third-order valence-corrected chi connectivity index (χ3v) is 4.47. The Balaban J connectivity index is 2.28. The summed E-state index contributed by atoms with van der Waals surface area (Å²) in [5.74, 6) is 1.64. The van der Waals surface area contributed by atoms with Gasteiger partial charge in [-0.25, -0.2) is 0 Å². The Morgan fingerprint density at radius 3 is 2.40 bits per heavy atom. The van der Waals surface area contributed by atoms with E-state index in [1.807, 2.05) is 0 Å². The summed E-state index contributed by atoms with van der Waals surface area (Å²) in [5.41, 5.74) is 5.54. The second-order valence-electron chi connectivity index (χ2n) is 6.15. The summed E-state index contributed by atoms with van der Waals surface area (Å²) in [6.45, 7) is 13.4. The first-order valence-electron chi connectivity index (χ1n) is 7.68. The van der Waals surface area contributed by atoms with Gasteiger partial charge in [0.2, 0.25) is 0 Å². The molecule has 1 aliphatic carbocycles. The zero-order valence-corrected chi connectivity index (χ0v) is 13.2. The predicted octanol–water partition coefficient (Wildman–Crippen LogP) is 5.88. The molecule has 0 bridgehead atoms. The second kappa shape index (κ2) is 6.26. The summed E-state index contributed by atoms with van der Waals surface area (Å²) >= 11 is 0. The van der Waals surface area contributed by atoms with Gasteiger partial charge in [-0.15, -0.1) is 0 Å². The van der Waals surface area contributed by atoms with E-state index in [0.717, 1.165) is 6.42 Å². The van der Waals surface area contributed by atoms with Crippen LogP contribution in [-0.4, -0.2) is 0 Å². The molecular weight excluding hydrogens is 240 g/mol. The van der Waals surface area contributed by atoms with E-state index >= 15 is 0 Å². The lowest BCUT2D eigenvalue weighted by Crippen LogP contribution is -2.17. The normalized spacial score (nSPS) is 19.8. The molecule has 1 aromatic rings. The fraction of sp³-hybridized carbons (Fsp3) is 0.400. The van der Waals surface area contributed by atoms with E-state index in [-0.39, 0.29) is 0 Å². The molecule has 0 radical (unpaired) electrons. The van der Waals surface area contributed by atoms with Gasteiger partial charge in [-0.2, -0.15) is 0 Å². The van der Waals surface area contributed by atoms with Crippen LogP contribution in [0, 0.1) is 17.8 Å². The third-order valence-electron chi connectivity index (χ3n) is 4.47. The van der Waals surface area contributed by atoms with Crippen molar-refractivity contribution in [2.24, 2.45) is 17.8 Å². The molecule has 0 nitrogen and oxygen atoms in total. The Labute approximate surface area is 123 Å². The lowest BCUT2D eigenvalue weighted by atomic mass is 9.78. The van der Waals surface area contributed by atoms with Gasteiger partial charge in [0.25, 0.3) is 0 Å². The van der Waals surface area contributed by atoms with Crippen molar-refractivity contribution < 1.29 is 0 Å². The summed E-state index contributed by atoms with van der Waals surface area (Å²) in [5, 5.41) is 0. The first-order valence-corrected chi connectivity index (χ1v) is 7.68. The highest BCUT2D eigenvalue weighted by Gasteiger charge is 2.27. The highest BCUT2D eigenvalue weighted by molar-refractivity contribution is 5.78. The predicted molar refractivity (Wildman–Crippen MR) is 89.4 cm³/mol. The largest absolute Gasteiger partial charge is 0.0993 e. The third kappa shape index (κ3) is 2.95. The zero-order chi connectivity index (χ0) is 14.7. The second-order valence-corrected chi connectivity index (χ2v) is 6.15. The summed E-state index contributed by atoms with van der Waals surface area (Å²) in [6.07, 6.45) is 5.94. The Hall–Kier alpha value is -1.56. The summed E-state index contributed by atoms with van der Waals surface area (Å²) in [7, 11) is 0. The lowest BCUT2D eigenvalue weighted by molar-refractivity contribution is 0.455. The van der Waals surface area contributed by atoms with Gasteiger partial charge in [-0.1, -0.05) is 81.0 Å². The van der Waals surface area contributed by atoms with Crippen molar-refractivity contribution in [1.29, 1.82) is 0 Å². The van der Waals surface area contributed by atoms with Crippen LogP contribution in [0.3, 0.4) is 0 Å². The quantitative estimate of drug-likeness (QED) is 0.583. The topological polar surface area (TPSA) is 0 Å². The minimum Gasteiger partial charge on any atom is -0.0993 e. The van der Waals surface area contributed by atoms with E-state index in [1.165, 1.54) is 22.3 Å². The molecule has 0 aromatic heterocycles. The molecule has 1 aliphatic rings. The van der Waals surface area contributed by atoms with Crippen molar-refractivity contribution in [3.63, 3.8) is 0 Å². The molecule has 0 heteroatoms. The van der Waals surface area contributed by atoms with Gasteiger partial charge in [0.1, 0.15) is 0 Å². The van der Waals surface area contributed by atoms with Crippen molar-refractivity contribution in [3.05, 3.63) is 65.8 Å². The van der Waals surface area contributed by atoms with E-state index in [0.29, 0.717) is 17.8 Å². The highest BCUT2D eigenvalue weighted by atomic mass is 14.3. The van der Waals surface area contributed by atoms with Crippen molar-refractivity contribution >= 4 is 5.57 Å². The van der Waals surface area contributed by atoms with Gasteiger partial charge in [-0.3, -0.25) is 0 Å². The summed E-state index contributed by atoms with van der Waals surface area (Å²) in [4.78, 5) is 0. The van der Waals surface area contributed by atoms with Crippen LogP contribution in [-0.2, 0) is 0 Å². The maximum Gasteiger partial charge on any atom is 0.00519 e. The van der Waals surface area contributed by atoms with Crippen LogP contribution in [0.1, 0.15) is 39.7 Å². The first-order chi connectivity index (χ1) is 9.54. The molecule has 0 saturated carbocycles. The van der Waals surface area contributed by atoms with Gasteiger partial charge in [-0.05, 0) is 36.3 Å². The molecule has 0 N–H and O–H groups in total. The molecule has 0 fully saturated rings. The van der Waals surface area contributed by atoms with Crippen molar-refractivity contribution in [2.75, 3.05) is 0 Å². The van der Waals surface area contributed by atoms with Crippen LogP contribution in [0.15, 0.2) is 60.2 Å². The number of rotatable bonds is 5. The Morgan fingerprint density at radius 2 is 1.85 bits per heavy atom. The van der Waals surface area contributed by atoms with Gasteiger partial charge in [0.15, 0.2) is 0 Å². The van der Waals surface area contributed by atoms with Crippen LogP contribution in [0.2, 0.25) is 0 Å². The molecule has 2 unspecified atom stereocenters. The van der Waals surface area contributed by atoms with Crippen LogP contribution in [0.4, 0.5) is 0 Å². The van der Waals surface area contributed by atoms with E-state index in [4.69, 9.17) is 0 Å². The molecule has 0 heterocycles. The van der Waals surface area contributed by atoms with E-state index < -0.39 is 0 Å². The number of hydrogen-bond acceptors (Lipinski definition) is 0. The molecule has 0 saturated heterocycles. The van der Waals surface area contributed by atoms with Gasteiger partial charge in [0.05, 0.1) is 0 Å². The summed E-state index contributed by atoms with van der Waals surface area (Å²) < 4.78 is 0. The smallest absolute Gasteiger partial charge is 0.00519 e. The summed E-state index contributed by atoms with van der Waals surface area (Å²) in [6, 6.07) is 10.7. The molecule has 0 amide bonds. The molecule has 20 heavy (non-hydrogen) atoms. The van der Waals surface area contributed by atoms with E-state index in [1.54, 1.807) is 0 Å². The molecule has 2 atom stereocenters. The van der Waals surface area contributed by atoms with Crippen molar-refractivity contribution in [2.45, 2.75) is 34.1 Å². The lowest BCUT2D eigenvalue weighted by Gasteiger charge is -2.27. The Morgan fingerprint density at radius 1 is 1.20 bits per heavy atom. The van der Waals surface area contributed by atoms with Crippen LogP contribution < -0.4 is 0 Å². The minimum atomic E-state index is 0.519. The average Bonchev–Trinajstić information content (AvgIpc) is 2.83. The molecule has 2 rings (SSSR count). The highest BCUT2D eigenvalue weighted by Crippen LogP contribution is 2.40. The van der Waals surface area contributed by atoms with Crippen LogP contribution >= 0.6 is 0 Å². The monoisotopic (exact) mass is 266 g/mol. The number of hydrogen-bond donors (Lipinski definition) is 0. The van der Waals surface area contributed by atoms with Crippen LogP contribution in [0.25, 0.3) is 5.57 Å². The zero-order valence-electron chi connectivity index (χ0n) is 13.2.